The van der Waals surface area contributed by atoms with Crippen molar-refractivity contribution in [2.24, 2.45) is 5.73 Å². The van der Waals surface area contributed by atoms with Crippen molar-refractivity contribution in [3.63, 3.8) is 0 Å². The first kappa shape index (κ1) is 17.4. The lowest BCUT2D eigenvalue weighted by Gasteiger charge is -2.14. The number of amides is 1. The Labute approximate surface area is 167 Å². The molecule has 5 aromatic rings. The van der Waals surface area contributed by atoms with E-state index in [4.69, 9.17) is 5.73 Å². The number of nitrogens with two attached hydrogens (primary N) is 1. The van der Waals surface area contributed by atoms with Crippen LogP contribution in [0.1, 0.15) is 21.5 Å². The number of halogens is 1. The number of hydrogen-bond acceptors (Lipinski definition) is 1. The normalized spacial score (nSPS) is 11.5. The smallest absolute Gasteiger partial charge is 0.249 e. The number of aryl methyl sites for hydroxylation is 1. The standard InChI is InChI=1S/C25H19FN2O/c1-15-9-10-16-5-2-3-6-18(16)21(15)14-28-22-12-11-17(26)13-20(22)24-19(25(27)29)7-4-8-23(24)28/h2-13H,14H2,1H3,(H2,27,29). The molecule has 4 heteroatoms. The average Bonchev–Trinajstić information content (AvgIpc) is 3.03. The summed E-state index contributed by atoms with van der Waals surface area (Å²) >= 11 is 0. The third-order valence-electron chi connectivity index (χ3n) is 5.71. The topological polar surface area (TPSA) is 48.0 Å². The van der Waals surface area contributed by atoms with Gasteiger partial charge in [0.15, 0.2) is 0 Å². The van der Waals surface area contributed by atoms with Gasteiger partial charge in [0.25, 0.3) is 0 Å². The molecule has 1 heterocycles. The molecule has 1 amide bonds. The monoisotopic (exact) mass is 382 g/mol. The van der Waals surface area contributed by atoms with Crippen LogP contribution >= 0.6 is 0 Å². The van der Waals surface area contributed by atoms with Gasteiger partial charge < -0.3 is 10.3 Å². The van der Waals surface area contributed by atoms with Crippen molar-refractivity contribution in [1.82, 2.24) is 4.57 Å². The molecule has 0 bridgehead atoms. The van der Waals surface area contributed by atoms with Crippen molar-refractivity contribution in [2.75, 3.05) is 0 Å². The highest BCUT2D eigenvalue weighted by atomic mass is 19.1. The Morgan fingerprint density at radius 2 is 1.76 bits per heavy atom. The lowest BCUT2D eigenvalue weighted by molar-refractivity contribution is 0.100. The van der Waals surface area contributed by atoms with Gasteiger partial charge in [-0.05, 0) is 59.2 Å². The van der Waals surface area contributed by atoms with Crippen LogP contribution in [0.5, 0.6) is 0 Å². The van der Waals surface area contributed by atoms with Crippen LogP contribution in [0.4, 0.5) is 4.39 Å². The minimum absolute atomic E-state index is 0.336. The first-order valence-corrected chi connectivity index (χ1v) is 9.52. The zero-order valence-corrected chi connectivity index (χ0v) is 15.9. The number of hydrogen-bond donors (Lipinski definition) is 1. The Hall–Kier alpha value is -3.66. The van der Waals surface area contributed by atoms with Crippen LogP contribution < -0.4 is 5.73 Å². The number of rotatable bonds is 3. The Balaban J connectivity index is 1.86. The Bertz CT molecular complexity index is 1430. The van der Waals surface area contributed by atoms with Crippen LogP contribution in [0.15, 0.2) is 72.8 Å². The Kier molecular flexibility index (Phi) is 3.88. The predicted molar refractivity (Wildman–Crippen MR) is 116 cm³/mol. The van der Waals surface area contributed by atoms with Crippen molar-refractivity contribution < 1.29 is 9.18 Å². The summed E-state index contributed by atoms with van der Waals surface area (Å²) in [4.78, 5) is 12.1. The molecule has 0 unspecified atom stereocenters. The summed E-state index contributed by atoms with van der Waals surface area (Å²) < 4.78 is 16.2. The molecule has 1 aromatic heterocycles. The van der Waals surface area contributed by atoms with Crippen molar-refractivity contribution in [1.29, 1.82) is 0 Å². The summed E-state index contributed by atoms with van der Waals surface area (Å²) in [6.07, 6.45) is 0. The van der Waals surface area contributed by atoms with E-state index in [1.54, 1.807) is 12.1 Å². The second-order valence-corrected chi connectivity index (χ2v) is 7.39. The molecule has 0 spiro atoms. The molecular formula is C25H19FN2O. The SMILES string of the molecule is Cc1ccc2ccccc2c1Cn1c2ccc(F)cc2c2c(C(N)=O)cccc21. The minimum atomic E-state index is -0.514. The van der Waals surface area contributed by atoms with Crippen LogP contribution in [-0.4, -0.2) is 10.5 Å². The summed E-state index contributed by atoms with van der Waals surface area (Å²) in [6, 6.07) is 22.7. The first-order valence-electron chi connectivity index (χ1n) is 9.52. The zero-order chi connectivity index (χ0) is 20.1. The number of primary amides is 1. The molecule has 4 aromatic carbocycles. The highest BCUT2D eigenvalue weighted by Crippen LogP contribution is 2.34. The largest absolute Gasteiger partial charge is 0.366 e. The summed E-state index contributed by atoms with van der Waals surface area (Å²) in [6.45, 7) is 2.71. The number of carbonyl (C=O) groups is 1. The lowest BCUT2D eigenvalue weighted by Crippen LogP contribution is -2.11. The molecule has 0 saturated carbocycles. The van der Waals surface area contributed by atoms with Gasteiger partial charge in [-0.15, -0.1) is 0 Å². The maximum absolute atomic E-state index is 14.1. The number of aromatic nitrogens is 1. The summed E-state index contributed by atoms with van der Waals surface area (Å²) in [5, 5.41) is 3.77. The van der Waals surface area contributed by atoms with Crippen LogP contribution in [0.25, 0.3) is 32.6 Å². The molecule has 2 N–H and O–H groups in total. The lowest BCUT2D eigenvalue weighted by atomic mass is 9.99. The summed E-state index contributed by atoms with van der Waals surface area (Å²) in [5.74, 6) is -0.850. The first-order chi connectivity index (χ1) is 14.0. The van der Waals surface area contributed by atoms with Gasteiger partial charge in [0, 0.05) is 28.4 Å². The molecule has 142 valence electrons. The quantitative estimate of drug-likeness (QED) is 0.437. The number of nitrogens with zero attached hydrogens (tertiary/aromatic N) is 1. The van der Waals surface area contributed by atoms with E-state index in [0.717, 1.165) is 11.0 Å². The van der Waals surface area contributed by atoms with E-state index in [-0.39, 0.29) is 5.82 Å². The third-order valence-corrected chi connectivity index (χ3v) is 5.71. The van der Waals surface area contributed by atoms with Crippen molar-refractivity contribution >= 4 is 38.5 Å². The Morgan fingerprint density at radius 1 is 0.931 bits per heavy atom. The van der Waals surface area contributed by atoms with Crippen molar-refractivity contribution in [3.8, 4) is 0 Å². The van der Waals surface area contributed by atoms with E-state index in [2.05, 4.69) is 35.8 Å². The molecule has 0 aliphatic carbocycles. The van der Waals surface area contributed by atoms with E-state index in [1.807, 2.05) is 24.3 Å². The van der Waals surface area contributed by atoms with Crippen LogP contribution in [0, 0.1) is 12.7 Å². The molecular weight excluding hydrogens is 363 g/mol. The molecule has 29 heavy (non-hydrogen) atoms. The van der Waals surface area contributed by atoms with Crippen molar-refractivity contribution in [3.05, 3.63) is 95.3 Å². The van der Waals surface area contributed by atoms with E-state index < -0.39 is 5.91 Å². The van der Waals surface area contributed by atoms with Gasteiger partial charge in [0.2, 0.25) is 5.91 Å². The van der Waals surface area contributed by atoms with Gasteiger partial charge in [0.05, 0.1) is 5.52 Å². The Morgan fingerprint density at radius 3 is 2.59 bits per heavy atom. The molecule has 0 saturated heterocycles. The molecule has 0 aliphatic rings. The predicted octanol–water partition coefficient (Wildman–Crippen LogP) is 5.54. The molecule has 0 aliphatic heterocycles. The maximum atomic E-state index is 14.1. The van der Waals surface area contributed by atoms with Gasteiger partial charge in [-0.25, -0.2) is 4.39 Å². The van der Waals surface area contributed by atoms with E-state index in [9.17, 15) is 9.18 Å². The van der Waals surface area contributed by atoms with E-state index >= 15 is 0 Å². The van der Waals surface area contributed by atoms with E-state index in [1.165, 1.54) is 34.0 Å². The fraction of sp³-hybridized carbons (Fsp3) is 0.0800. The highest BCUT2D eigenvalue weighted by molar-refractivity contribution is 6.17. The number of carbonyl (C=O) groups excluding carboxylic acids is 1. The molecule has 3 nitrogen and oxygen atoms in total. The second kappa shape index (κ2) is 6.45. The summed E-state index contributed by atoms with van der Waals surface area (Å²) in [7, 11) is 0. The fourth-order valence-electron chi connectivity index (χ4n) is 4.31. The van der Waals surface area contributed by atoms with Crippen molar-refractivity contribution in [2.45, 2.75) is 13.5 Å². The second-order valence-electron chi connectivity index (χ2n) is 7.39. The summed E-state index contributed by atoms with van der Waals surface area (Å²) in [5.41, 5.74) is 10.2. The van der Waals surface area contributed by atoms with Crippen LogP contribution in [0.2, 0.25) is 0 Å². The molecule has 5 rings (SSSR count). The third kappa shape index (κ3) is 2.68. The average molecular weight is 382 g/mol. The van der Waals surface area contributed by atoms with Gasteiger partial charge >= 0.3 is 0 Å². The highest BCUT2D eigenvalue weighted by Gasteiger charge is 2.18. The van der Waals surface area contributed by atoms with E-state index in [0.29, 0.717) is 22.9 Å². The molecule has 0 fully saturated rings. The number of fused-ring (bicyclic) bond motifs is 4. The van der Waals surface area contributed by atoms with Gasteiger partial charge in [-0.3, -0.25) is 4.79 Å². The minimum Gasteiger partial charge on any atom is -0.366 e. The van der Waals surface area contributed by atoms with Crippen LogP contribution in [0.3, 0.4) is 0 Å². The molecule has 0 radical (unpaired) electrons. The number of benzene rings is 4. The van der Waals surface area contributed by atoms with Crippen LogP contribution in [-0.2, 0) is 6.54 Å². The van der Waals surface area contributed by atoms with Gasteiger partial charge in [-0.1, -0.05) is 42.5 Å². The van der Waals surface area contributed by atoms with Gasteiger partial charge in [-0.2, -0.15) is 0 Å². The molecule has 0 atom stereocenters. The zero-order valence-electron chi connectivity index (χ0n) is 15.9. The van der Waals surface area contributed by atoms with Gasteiger partial charge in [0.1, 0.15) is 5.82 Å². The fourth-order valence-corrected chi connectivity index (χ4v) is 4.31. The maximum Gasteiger partial charge on any atom is 0.249 e.